The van der Waals surface area contributed by atoms with Crippen LogP contribution in [0.5, 0.6) is 0 Å². The van der Waals surface area contributed by atoms with Gasteiger partial charge in [0.1, 0.15) is 0 Å². The van der Waals surface area contributed by atoms with E-state index in [2.05, 4.69) is 12.2 Å². The molecule has 0 unspecified atom stereocenters. The van der Waals surface area contributed by atoms with Gasteiger partial charge in [0.05, 0.1) is 0 Å². The predicted molar refractivity (Wildman–Crippen MR) is 102 cm³/mol. The van der Waals surface area contributed by atoms with E-state index in [4.69, 9.17) is 0 Å². The quantitative estimate of drug-likeness (QED) is 0.775. The summed E-state index contributed by atoms with van der Waals surface area (Å²) in [5.74, 6) is -0.368. The molecule has 0 fully saturated rings. The van der Waals surface area contributed by atoms with Crippen LogP contribution < -0.4 is 5.32 Å². The van der Waals surface area contributed by atoms with E-state index in [1.165, 1.54) is 10.5 Å². The Balaban J connectivity index is 1.86. The van der Waals surface area contributed by atoms with Crippen molar-refractivity contribution in [2.45, 2.75) is 26.2 Å². The van der Waals surface area contributed by atoms with Gasteiger partial charge in [-0.25, -0.2) is 0 Å². The standard InChI is InChI=1S/C21H24N2O3/c1-4-15-5-7-16(8-6-15)19(24)13-14-20(25)22-18-11-9-17(10-12-18)21(26)23(2)3/h5-12H,4,13-14H2,1-3H3,(H,22,25). The number of hydrogen-bond donors (Lipinski definition) is 1. The van der Waals surface area contributed by atoms with Crippen LogP contribution in [0, 0.1) is 0 Å². The molecule has 0 saturated carbocycles. The zero-order valence-electron chi connectivity index (χ0n) is 15.4. The summed E-state index contributed by atoms with van der Waals surface area (Å²) in [5.41, 5.74) is 2.96. The molecule has 2 amide bonds. The maximum absolute atomic E-state index is 12.2. The normalized spacial score (nSPS) is 10.3. The zero-order valence-corrected chi connectivity index (χ0v) is 15.4. The first-order chi connectivity index (χ1) is 12.4. The minimum absolute atomic E-state index is 0.0465. The van der Waals surface area contributed by atoms with Crippen LogP contribution in [0.2, 0.25) is 0 Å². The summed E-state index contributed by atoms with van der Waals surface area (Å²) >= 11 is 0. The molecule has 26 heavy (non-hydrogen) atoms. The number of carbonyl (C=O) groups excluding carboxylic acids is 3. The number of aryl methyl sites for hydroxylation is 1. The van der Waals surface area contributed by atoms with E-state index >= 15 is 0 Å². The molecule has 0 heterocycles. The van der Waals surface area contributed by atoms with Crippen LogP contribution in [0.1, 0.15) is 46.0 Å². The lowest BCUT2D eigenvalue weighted by Crippen LogP contribution is -2.21. The summed E-state index contributed by atoms with van der Waals surface area (Å²) in [7, 11) is 3.37. The Morgan fingerprint density at radius 3 is 1.96 bits per heavy atom. The number of anilines is 1. The van der Waals surface area contributed by atoms with Gasteiger partial charge in [-0.15, -0.1) is 0 Å². The van der Waals surface area contributed by atoms with E-state index in [1.807, 2.05) is 12.1 Å². The van der Waals surface area contributed by atoms with Gasteiger partial charge in [0, 0.05) is 43.8 Å². The summed E-state index contributed by atoms with van der Waals surface area (Å²) in [4.78, 5) is 37.5. The van der Waals surface area contributed by atoms with E-state index in [1.54, 1.807) is 50.5 Å². The number of carbonyl (C=O) groups is 3. The van der Waals surface area contributed by atoms with E-state index in [0.717, 1.165) is 6.42 Å². The molecule has 5 nitrogen and oxygen atoms in total. The van der Waals surface area contributed by atoms with E-state index in [-0.39, 0.29) is 30.4 Å². The van der Waals surface area contributed by atoms with Crippen molar-refractivity contribution in [2.24, 2.45) is 0 Å². The number of amides is 2. The Kier molecular flexibility index (Phi) is 6.67. The minimum Gasteiger partial charge on any atom is -0.345 e. The highest BCUT2D eigenvalue weighted by Crippen LogP contribution is 2.13. The summed E-state index contributed by atoms with van der Waals surface area (Å²) in [6.45, 7) is 2.06. The van der Waals surface area contributed by atoms with Gasteiger partial charge in [-0.2, -0.15) is 0 Å². The Hall–Kier alpha value is -2.95. The number of nitrogens with zero attached hydrogens (tertiary/aromatic N) is 1. The van der Waals surface area contributed by atoms with E-state index < -0.39 is 0 Å². The van der Waals surface area contributed by atoms with Crippen LogP contribution in [-0.4, -0.2) is 36.6 Å². The fourth-order valence-corrected chi connectivity index (χ4v) is 2.48. The number of rotatable bonds is 7. The molecule has 136 valence electrons. The van der Waals surface area contributed by atoms with Crippen molar-refractivity contribution < 1.29 is 14.4 Å². The highest BCUT2D eigenvalue weighted by atomic mass is 16.2. The molecular formula is C21H24N2O3. The SMILES string of the molecule is CCc1ccc(C(=O)CCC(=O)Nc2ccc(C(=O)N(C)C)cc2)cc1. The largest absolute Gasteiger partial charge is 0.345 e. The fraction of sp³-hybridized carbons (Fsp3) is 0.286. The molecular weight excluding hydrogens is 328 g/mol. The first-order valence-electron chi connectivity index (χ1n) is 8.64. The first-order valence-corrected chi connectivity index (χ1v) is 8.64. The lowest BCUT2D eigenvalue weighted by atomic mass is 10.0. The topological polar surface area (TPSA) is 66.5 Å². The third-order valence-corrected chi connectivity index (χ3v) is 4.09. The molecule has 0 aliphatic carbocycles. The summed E-state index contributed by atoms with van der Waals surface area (Å²) in [6.07, 6.45) is 1.21. The van der Waals surface area contributed by atoms with Gasteiger partial charge in [0.15, 0.2) is 5.78 Å². The van der Waals surface area contributed by atoms with Crippen molar-refractivity contribution in [1.82, 2.24) is 4.90 Å². The highest BCUT2D eigenvalue weighted by molar-refractivity contribution is 6.00. The summed E-state index contributed by atoms with van der Waals surface area (Å²) in [6, 6.07) is 14.2. The molecule has 0 atom stereocenters. The lowest BCUT2D eigenvalue weighted by molar-refractivity contribution is -0.116. The molecule has 0 aliphatic heterocycles. The van der Waals surface area contributed by atoms with Crippen LogP contribution in [0.25, 0.3) is 0 Å². The fourth-order valence-electron chi connectivity index (χ4n) is 2.48. The highest BCUT2D eigenvalue weighted by Gasteiger charge is 2.11. The predicted octanol–water partition coefficient (Wildman–Crippen LogP) is 3.55. The molecule has 5 heteroatoms. The van der Waals surface area contributed by atoms with Crippen molar-refractivity contribution >= 4 is 23.3 Å². The van der Waals surface area contributed by atoms with E-state index in [0.29, 0.717) is 16.8 Å². The second-order valence-corrected chi connectivity index (χ2v) is 6.30. The molecule has 0 radical (unpaired) electrons. The van der Waals surface area contributed by atoms with Crippen molar-refractivity contribution in [3.63, 3.8) is 0 Å². The average molecular weight is 352 g/mol. The van der Waals surface area contributed by atoms with Gasteiger partial charge in [-0.05, 0) is 36.2 Å². The van der Waals surface area contributed by atoms with Crippen LogP contribution in [-0.2, 0) is 11.2 Å². The van der Waals surface area contributed by atoms with Crippen molar-refractivity contribution in [3.05, 3.63) is 65.2 Å². The second-order valence-electron chi connectivity index (χ2n) is 6.30. The molecule has 0 saturated heterocycles. The number of benzene rings is 2. The third kappa shape index (κ3) is 5.28. The summed E-state index contributed by atoms with van der Waals surface area (Å²) in [5, 5.41) is 2.75. The molecule has 2 aromatic rings. The van der Waals surface area contributed by atoms with Crippen molar-refractivity contribution in [2.75, 3.05) is 19.4 Å². The van der Waals surface area contributed by atoms with Crippen LogP contribution >= 0.6 is 0 Å². The van der Waals surface area contributed by atoms with Crippen LogP contribution in [0.4, 0.5) is 5.69 Å². The molecule has 1 N–H and O–H groups in total. The first kappa shape index (κ1) is 19.4. The maximum Gasteiger partial charge on any atom is 0.253 e. The zero-order chi connectivity index (χ0) is 19.1. The minimum atomic E-state index is -0.227. The maximum atomic E-state index is 12.2. The average Bonchev–Trinajstić information content (AvgIpc) is 2.66. The molecule has 2 aromatic carbocycles. The molecule has 0 aliphatic rings. The molecule has 0 spiro atoms. The van der Waals surface area contributed by atoms with Gasteiger partial charge in [0.2, 0.25) is 5.91 Å². The van der Waals surface area contributed by atoms with Crippen LogP contribution in [0.3, 0.4) is 0 Å². The van der Waals surface area contributed by atoms with Crippen molar-refractivity contribution in [1.29, 1.82) is 0 Å². The number of hydrogen-bond acceptors (Lipinski definition) is 3. The lowest BCUT2D eigenvalue weighted by Gasteiger charge is -2.11. The van der Waals surface area contributed by atoms with Crippen molar-refractivity contribution in [3.8, 4) is 0 Å². The summed E-state index contributed by atoms with van der Waals surface area (Å²) < 4.78 is 0. The Bertz CT molecular complexity index is 778. The van der Waals surface area contributed by atoms with Crippen LogP contribution in [0.15, 0.2) is 48.5 Å². The molecule has 2 rings (SSSR count). The Labute approximate surface area is 154 Å². The van der Waals surface area contributed by atoms with Gasteiger partial charge in [-0.1, -0.05) is 31.2 Å². The number of Topliss-reactive ketones (excluding diaryl/α,β-unsaturated/α-hetero) is 1. The van der Waals surface area contributed by atoms with Gasteiger partial charge in [0.25, 0.3) is 5.91 Å². The monoisotopic (exact) mass is 352 g/mol. The smallest absolute Gasteiger partial charge is 0.253 e. The van der Waals surface area contributed by atoms with Gasteiger partial charge < -0.3 is 10.2 Å². The second kappa shape index (κ2) is 8.94. The van der Waals surface area contributed by atoms with E-state index in [9.17, 15) is 14.4 Å². The van der Waals surface area contributed by atoms with Gasteiger partial charge >= 0.3 is 0 Å². The third-order valence-electron chi connectivity index (χ3n) is 4.09. The molecule has 0 aromatic heterocycles. The Morgan fingerprint density at radius 1 is 0.846 bits per heavy atom. The number of ketones is 1. The molecule has 0 bridgehead atoms. The Morgan fingerprint density at radius 2 is 1.42 bits per heavy atom. The van der Waals surface area contributed by atoms with Gasteiger partial charge in [-0.3, -0.25) is 14.4 Å². The number of nitrogens with one attached hydrogen (secondary N) is 1.